The Morgan fingerprint density at radius 3 is 2.50 bits per heavy atom. The van der Waals surface area contributed by atoms with Gasteiger partial charge >= 0.3 is 0 Å². The minimum absolute atomic E-state index is 0.364. The first-order valence-electron chi connectivity index (χ1n) is 8.90. The molecule has 0 bridgehead atoms. The summed E-state index contributed by atoms with van der Waals surface area (Å²) in [5, 5.41) is 14.4. The maximum atomic E-state index is 9.66. The van der Waals surface area contributed by atoms with Crippen LogP contribution in [0.4, 0.5) is 11.4 Å². The summed E-state index contributed by atoms with van der Waals surface area (Å²) < 4.78 is 12.9. The van der Waals surface area contributed by atoms with E-state index in [9.17, 15) is 5.26 Å². The van der Waals surface area contributed by atoms with Crippen molar-refractivity contribution in [2.45, 2.75) is 0 Å². The van der Waals surface area contributed by atoms with Crippen LogP contribution in [0.1, 0.15) is 5.56 Å². The van der Waals surface area contributed by atoms with E-state index >= 15 is 0 Å². The number of nitriles is 1. The van der Waals surface area contributed by atoms with Gasteiger partial charge in [-0.05, 0) is 30.3 Å². The number of rotatable bonds is 5. The number of aromatic nitrogens is 2. The third-order valence-electron chi connectivity index (χ3n) is 4.68. The molecule has 30 heavy (non-hydrogen) atoms. The second kappa shape index (κ2) is 8.15. The van der Waals surface area contributed by atoms with Gasteiger partial charge < -0.3 is 19.4 Å². The summed E-state index contributed by atoms with van der Waals surface area (Å²) in [6, 6.07) is 13.1. The molecule has 0 spiro atoms. The fourth-order valence-corrected chi connectivity index (χ4v) is 3.77. The molecule has 4 rings (SSSR count). The monoisotopic (exact) mass is 438 g/mol. The molecule has 0 aliphatic rings. The maximum Gasteiger partial charge on any atom is 0.169 e. The van der Waals surface area contributed by atoms with Crippen LogP contribution in [-0.4, -0.2) is 23.8 Å². The number of hydrogen-bond donors (Lipinski definition) is 1. The van der Waals surface area contributed by atoms with Crippen LogP contribution < -0.4 is 14.8 Å². The molecule has 0 saturated heterocycles. The number of ether oxygens (including phenoxy) is 2. The average molecular weight is 439 g/mol. The van der Waals surface area contributed by atoms with E-state index < -0.39 is 0 Å². The van der Waals surface area contributed by atoms with Gasteiger partial charge in [-0.2, -0.15) is 5.26 Å². The largest absolute Gasteiger partial charge is 0.495 e. The van der Waals surface area contributed by atoms with Crippen LogP contribution in [0.2, 0.25) is 10.0 Å². The van der Waals surface area contributed by atoms with Crippen molar-refractivity contribution in [2.75, 3.05) is 19.5 Å². The van der Waals surface area contributed by atoms with Crippen LogP contribution in [0.5, 0.6) is 11.5 Å². The number of benzene rings is 2. The molecular formula is C22H16Cl2N4O2. The van der Waals surface area contributed by atoms with Gasteiger partial charge in [0.2, 0.25) is 0 Å². The second-order valence-electron chi connectivity index (χ2n) is 6.35. The topological polar surface area (TPSA) is 72.1 Å². The van der Waals surface area contributed by atoms with E-state index in [0.717, 1.165) is 5.69 Å². The van der Waals surface area contributed by atoms with Gasteiger partial charge in [0.05, 0.1) is 46.9 Å². The van der Waals surface area contributed by atoms with Crippen molar-refractivity contribution >= 4 is 45.5 Å². The molecule has 8 heteroatoms. The molecule has 1 N–H and O–H groups in total. The van der Waals surface area contributed by atoms with Gasteiger partial charge in [0.1, 0.15) is 17.3 Å². The van der Waals surface area contributed by atoms with Crippen LogP contribution in [0.15, 0.2) is 55.0 Å². The highest BCUT2D eigenvalue weighted by molar-refractivity contribution is 6.37. The van der Waals surface area contributed by atoms with Crippen molar-refractivity contribution in [3.63, 3.8) is 0 Å². The molecule has 0 saturated carbocycles. The number of hydrogen-bond acceptors (Lipinski definition) is 5. The van der Waals surface area contributed by atoms with Gasteiger partial charge in [0.25, 0.3) is 0 Å². The van der Waals surface area contributed by atoms with Crippen LogP contribution in [0.3, 0.4) is 0 Å². The van der Waals surface area contributed by atoms with Crippen molar-refractivity contribution in [1.82, 2.24) is 9.55 Å². The third kappa shape index (κ3) is 3.39. The van der Waals surface area contributed by atoms with E-state index in [1.54, 1.807) is 19.2 Å². The number of fused-ring (bicyclic) bond motifs is 1. The molecule has 2 aromatic carbocycles. The van der Waals surface area contributed by atoms with Gasteiger partial charge in [-0.1, -0.05) is 23.2 Å². The number of halogens is 2. The van der Waals surface area contributed by atoms with Crippen LogP contribution in [0.25, 0.3) is 16.6 Å². The minimum Gasteiger partial charge on any atom is -0.495 e. The van der Waals surface area contributed by atoms with E-state index in [1.165, 1.54) is 13.3 Å². The molecule has 4 aromatic rings. The van der Waals surface area contributed by atoms with Crippen molar-refractivity contribution in [1.29, 1.82) is 5.26 Å². The molecule has 0 unspecified atom stereocenters. The lowest BCUT2D eigenvalue weighted by Crippen LogP contribution is -2.02. The van der Waals surface area contributed by atoms with Crippen molar-refractivity contribution in [3.8, 4) is 23.3 Å². The highest BCUT2D eigenvalue weighted by Gasteiger charge is 2.18. The molecule has 0 aliphatic heterocycles. The van der Waals surface area contributed by atoms with Crippen molar-refractivity contribution in [2.24, 2.45) is 0 Å². The first-order valence-corrected chi connectivity index (χ1v) is 9.66. The molecule has 2 heterocycles. The summed E-state index contributed by atoms with van der Waals surface area (Å²) in [6.45, 7) is 0. The fraction of sp³-hybridized carbons (Fsp3) is 0.0909. The Balaban J connectivity index is 1.93. The van der Waals surface area contributed by atoms with Crippen LogP contribution >= 0.6 is 23.2 Å². The summed E-state index contributed by atoms with van der Waals surface area (Å²) in [6.07, 6.45) is 5.35. The van der Waals surface area contributed by atoms with E-state index in [1.807, 2.05) is 41.2 Å². The standard InChI is InChI=1S/C22H16Cl2N4O2/c1-29-19-10-17(15(23)9-16(19)24)27-20-13(11-25)12-26-21-14(20)5-6-18(22(21)30-2)28-7-3-4-8-28/h3-10,12H,1-2H3,(H,26,27). The van der Waals surface area contributed by atoms with Crippen molar-refractivity contribution < 1.29 is 9.47 Å². The Hall–Kier alpha value is -3.40. The minimum atomic E-state index is 0.364. The summed E-state index contributed by atoms with van der Waals surface area (Å²) in [5.74, 6) is 1.06. The lowest BCUT2D eigenvalue weighted by molar-refractivity contribution is 0.415. The van der Waals surface area contributed by atoms with Gasteiger partial charge in [-0.3, -0.25) is 4.98 Å². The summed E-state index contributed by atoms with van der Waals surface area (Å²) in [5.41, 5.74) is 2.93. The molecule has 0 atom stereocenters. The molecule has 0 radical (unpaired) electrons. The van der Waals surface area contributed by atoms with Gasteiger partial charge in [0.15, 0.2) is 5.75 Å². The number of nitrogens with one attached hydrogen (secondary N) is 1. The Morgan fingerprint density at radius 1 is 1.07 bits per heavy atom. The zero-order valence-electron chi connectivity index (χ0n) is 16.1. The van der Waals surface area contributed by atoms with E-state index in [0.29, 0.717) is 49.4 Å². The molecule has 0 amide bonds. The number of anilines is 2. The molecule has 2 aromatic heterocycles. The number of pyridine rings is 1. The van der Waals surface area contributed by atoms with Crippen LogP contribution in [-0.2, 0) is 0 Å². The lowest BCUT2D eigenvalue weighted by atomic mass is 10.1. The normalized spacial score (nSPS) is 10.6. The SMILES string of the molecule is COc1cc(Nc2c(C#N)cnc3c(OC)c(-n4cccc4)ccc23)c(Cl)cc1Cl. The van der Waals surface area contributed by atoms with E-state index in [-0.39, 0.29) is 0 Å². The Kier molecular flexibility index (Phi) is 5.40. The Bertz CT molecular complexity index is 1280. The first kappa shape index (κ1) is 19.9. The first-order chi connectivity index (χ1) is 14.6. The van der Waals surface area contributed by atoms with Crippen molar-refractivity contribution in [3.05, 3.63) is 70.6 Å². The maximum absolute atomic E-state index is 9.66. The van der Waals surface area contributed by atoms with Gasteiger partial charge in [-0.15, -0.1) is 0 Å². The average Bonchev–Trinajstić information content (AvgIpc) is 3.29. The Labute approximate surface area is 183 Å². The highest BCUT2D eigenvalue weighted by Crippen LogP contribution is 2.40. The molecule has 150 valence electrons. The molecule has 0 fully saturated rings. The van der Waals surface area contributed by atoms with Gasteiger partial charge in [0, 0.05) is 30.0 Å². The van der Waals surface area contributed by atoms with Crippen LogP contribution in [0, 0.1) is 11.3 Å². The molecular weight excluding hydrogens is 423 g/mol. The van der Waals surface area contributed by atoms with Gasteiger partial charge in [-0.25, -0.2) is 0 Å². The summed E-state index contributed by atoms with van der Waals surface area (Å²) >= 11 is 12.5. The van der Waals surface area contributed by atoms with E-state index in [4.69, 9.17) is 32.7 Å². The lowest BCUT2D eigenvalue weighted by Gasteiger charge is -2.17. The highest BCUT2D eigenvalue weighted by atomic mass is 35.5. The quantitative estimate of drug-likeness (QED) is 0.415. The summed E-state index contributed by atoms with van der Waals surface area (Å²) in [4.78, 5) is 4.49. The fourth-order valence-electron chi connectivity index (χ4n) is 3.26. The predicted octanol–water partition coefficient (Wildman–Crippen LogP) is 5.96. The second-order valence-corrected chi connectivity index (χ2v) is 7.17. The smallest absolute Gasteiger partial charge is 0.169 e. The predicted molar refractivity (Wildman–Crippen MR) is 119 cm³/mol. The number of methoxy groups -OCH3 is 2. The Morgan fingerprint density at radius 2 is 1.83 bits per heavy atom. The zero-order chi connectivity index (χ0) is 21.3. The molecule has 0 aliphatic carbocycles. The third-order valence-corrected chi connectivity index (χ3v) is 5.29. The molecule has 6 nitrogen and oxygen atoms in total. The summed E-state index contributed by atoms with van der Waals surface area (Å²) in [7, 11) is 3.12. The number of nitrogens with zero attached hydrogens (tertiary/aromatic N) is 3. The zero-order valence-corrected chi connectivity index (χ0v) is 17.6. The van der Waals surface area contributed by atoms with E-state index in [2.05, 4.69) is 16.4 Å².